The van der Waals surface area contributed by atoms with Crippen molar-refractivity contribution >= 4 is 70.5 Å². The predicted molar refractivity (Wildman–Crippen MR) is 496 cm³/mol. The Hall–Kier alpha value is -10.4. The van der Waals surface area contributed by atoms with Crippen molar-refractivity contribution in [3.05, 3.63) is 298 Å². The minimum atomic E-state index is -0.539. The molecule has 0 fully saturated rings. The number of nitrogens with zero attached hydrogens (tertiary/aromatic N) is 8. The van der Waals surface area contributed by atoms with E-state index >= 15 is 0 Å². The topological polar surface area (TPSA) is 261 Å². The molecule has 12 bridgehead atoms. The fourth-order valence-electron chi connectivity index (χ4n) is 15.4. The van der Waals surface area contributed by atoms with E-state index in [1.165, 1.54) is 0 Å². The number of phenols is 8. The van der Waals surface area contributed by atoms with Gasteiger partial charge in [-0.05, 0) is 88.4 Å². The molecule has 0 amide bonds. The minimum Gasteiger partial charge on any atom is -0.508 e. The molecular weight excluding hydrogens is 2140 g/mol. The van der Waals surface area contributed by atoms with Crippen molar-refractivity contribution in [1.29, 1.82) is 0 Å². The molecule has 20 heteroatoms. The van der Waals surface area contributed by atoms with Crippen LogP contribution in [0.5, 0.6) is 46.0 Å². The van der Waals surface area contributed by atoms with Crippen LogP contribution in [0.3, 0.4) is 0 Å². The summed E-state index contributed by atoms with van der Waals surface area (Å²) in [6.07, 6.45) is 15.3. The summed E-state index contributed by atoms with van der Waals surface area (Å²) in [6.45, 7) is 40.3. The molecule has 5 aliphatic heterocycles. The van der Waals surface area contributed by atoms with E-state index in [1.54, 1.807) is 12.1 Å². The van der Waals surface area contributed by atoms with Crippen LogP contribution in [-0.2, 0) is 126 Å². The number of aromatic hydroxyl groups is 8. The van der Waals surface area contributed by atoms with Crippen LogP contribution in [0.25, 0.3) is 33.4 Å². The number of rotatable bonds is 4. The van der Waals surface area contributed by atoms with Crippen LogP contribution >= 0.6 is 0 Å². The Labute approximate surface area is 786 Å². The van der Waals surface area contributed by atoms with Gasteiger partial charge in [-0.15, -0.1) is 0 Å². The van der Waals surface area contributed by atoms with Crippen LogP contribution < -0.4 is 0 Å². The van der Waals surface area contributed by atoms with Crippen LogP contribution in [0.2, 0.25) is 0 Å². The van der Waals surface area contributed by atoms with E-state index in [-0.39, 0.29) is 129 Å². The van der Waals surface area contributed by atoms with Gasteiger partial charge < -0.3 is 40.9 Å². The molecule has 0 spiro atoms. The van der Waals surface area contributed by atoms with Crippen molar-refractivity contribution in [2.75, 3.05) is 0 Å². The van der Waals surface area contributed by atoms with E-state index < -0.39 is 43.3 Å². The van der Waals surface area contributed by atoms with Gasteiger partial charge in [0, 0.05) is 240 Å². The second-order valence-corrected chi connectivity index (χ2v) is 35.6. The maximum Gasteiger partial charge on any atom is 0.127 e. The molecule has 0 aliphatic carbocycles. The quantitative estimate of drug-likeness (QED) is 0.0784. The summed E-state index contributed by atoms with van der Waals surface area (Å²) in [7, 11) is 0. The molecular formula is C104H110N8O8Pt3Zn. The molecule has 646 valence electrons. The van der Waals surface area contributed by atoms with Gasteiger partial charge in [-0.25, -0.2) is 0 Å². The van der Waals surface area contributed by atoms with Crippen LogP contribution in [0.15, 0.2) is 293 Å². The molecule has 0 radical (unpaired) electrons. The molecule has 0 saturated heterocycles. The molecule has 5 heterocycles. The second-order valence-electron chi connectivity index (χ2n) is 35.6. The number of phenolic OH excluding ortho intramolecular Hbond substituents is 8. The van der Waals surface area contributed by atoms with Gasteiger partial charge >= 0.3 is 0 Å². The number of allylic oxidation sites excluding steroid dienone is 6. The van der Waals surface area contributed by atoms with Crippen LogP contribution in [0.1, 0.15) is 183 Å². The molecule has 0 atom stereocenters. The molecule has 5 aliphatic rings. The van der Waals surface area contributed by atoms with Crippen LogP contribution in [0, 0.1) is 0 Å². The van der Waals surface area contributed by atoms with E-state index in [1.807, 2.05) is 354 Å². The summed E-state index contributed by atoms with van der Waals surface area (Å²) in [5.74, 6) is 1.48. The zero-order valence-corrected chi connectivity index (χ0v) is 83.8. The van der Waals surface area contributed by atoms with Gasteiger partial charge in [0.1, 0.15) is 46.0 Å². The maximum atomic E-state index is 11.3. The summed E-state index contributed by atoms with van der Waals surface area (Å²) < 4.78 is 0. The van der Waals surface area contributed by atoms with Gasteiger partial charge in [-0.1, -0.05) is 281 Å². The second kappa shape index (κ2) is 39.0. The van der Waals surface area contributed by atoms with Gasteiger partial charge in [-0.2, -0.15) is 0 Å². The Balaban J connectivity index is 0.000000203. The molecule has 0 unspecified atom stereocenters. The van der Waals surface area contributed by atoms with Crippen molar-refractivity contribution < 1.29 is 124 Å². The molecule has 0 saturated carbocycles. The average Bonchev–Trinajstić information content (AvgIpc) is 1.28. The third kappa shape index (κ3) is 20.3. The van der Waals surface area contributed by atoms with Crippen LogP contribution in [0.4, 0.5) is 22.7 Å². The first-order chi connectivity index (χ1) is 56.5. The largest absolute Gasteiger partial charge is 0.508 e. The summed E-state index contributed by atoms with van der Waals surface area (Å²) in [5, 5.41) is 87.7. The van der Waals surface area contributed by atoms with E-state index in [0.29, 0.717) is 33.4 Å². The monoisotopic (exact) mass is 2250 g/mol. The Morgan fingerprint density at radius 3 is 0.766 bits per heavy atom. The molecule has 124 heavy (non-hydrogen) atoms. The number of benzene rings is 10. The molecule has 16 nitrogen and oxygen atoms in total. The molecule has 10 aromatic rings. The summed E-state index contributed by atoms with van der Waals surface area (Å²) >= 11 is 0. The van der Waals surface area contributed by atoms with Crippen molar-refractivity contribution in [3.63, 3.8) is 0 Å². The number of para-hydroxylation sites is 12. The van der Waals surface area contributed by atoms with Gasteiger partial charge in [0.25, 0.3) is 0 Å². The smallest absolute Gasteiger partial charge is 0.127 e. The number of aliphatic imine (C=N–C) groups is 8. The minimum absolute atomic E-state index is 0. The summed E-state index contributed by atoms with van der Waals surface area (Å²) in [4.78, 5) is 38.2. The van der Waals surface area contributed by atoms with Crippen LogP contribution in [-0.4, -0.2) is 88.6 Å². The fourth-order valence-corrected chi connectivity index (χ4v) is 15.4. The van der Waals surface area contributed by atoms with Crippen molar-refractivity contribution in [2.45, 2.75) is 182 Å². The molecule has 15 rings (SSSR count). The zero-order valence-electron chi connectivity index (χ0n) is 74.1. The van der Waals surface area contributed by atoms with Crippen molar-refractivity contribution in [2.24, 2.45) is 39.9 Å². The normalized spacial score (nSPS) is 17.0. The Kier molecular flexibility index (Phi) is 31.2. The van der Waals surface area contributed by atoms with E-state index in [4.69, 9.17) is 30.0 Å². The van der Waals surface area contributed by atoms with Gasteiger partial charge in [-0.3, -0.25) is 39.9 Å². The zero-order chi connectivity index (χ0) is 87.0. The average molecular weight is 2250 g/mol. The summed E-state index contributed by atoms with van der Waals surface area (Å²) in [5.41, 5.74) is 15.5. The molecule has 0 aromatic heterocycles. The van der Waals surface area contributed by atoms with Gasteiger partial charge in [0.2, 0.25) is 0 Å². The fraction of sp³-hybridized carbons (Fsp3) is 0.269. The first-order valence-corrected chi connectivity index (χ1v) is 40.5. The SMILES string of the molecule is CC(C)(C1=NC(=C2C=CC(C(C)(C)c3ccccc3O)=N2)C=C1)c1ccccc1O.CC1(C)C=Nc2ccccc2N=CC(C)(C)c2cccc(c2O)-c2cccc1c2O.CC1=C(C)N=CC(C)(C)c2cccc(c2O)-c2cccc(c2O)C(C)(C)C=N1.CC1=Nc2ccccc2N=C(C)C(C)(C)c2cccc(c2O)-c2cccc(c2O)C1(C)C.[Pt].[Pt].[Pt].[Zn]. The third-order valence-corrected chi connectivity index (χ3v) is 24.1. The van der Waals surface area contributed by atoms with E-state index in [2.05, 4.69) is 37.7 Å². The van der Waals surface area contributed by atoms with E-state index in [0.717, 1.165) is 113 Å². The summed E-state index contributed by atoms with van der Waals surface area (Å²) in [6, 6.07) is 64.1. The van der Waals surface area contributed by atoms with Gasteiger partial charge in [0.05, 0.1) is 57.0 Å². The standard InChI is InChI=1S/C28H30N2O2.2C26H26N2O2.C24H28N2O2.3Pt.Zn/c1-17-27(3,4)21-13-9-11-19(25(21)31)20-12-10-14-22(26(20)32)28(5,6)18(2)30-24-16-8-7-15-23(24)29-17;1-25(2,17-9-5-7-11-21(17)29)23-15-13-19(27-23)20-14-16-24(28-20)26(3,4)18-10-6-8-12-22(18)30;1-25(2)15-27-21-13-5-6-14-22(21)28-16-26(3,4)20-12-8-10-18(24(20)30)17-9-7-11-19(25)23(17)29;1-15-16(2)26-14-24(5,6)20-12-8-10-18(22(20)28)17-9-7-11-19(21(17)27)23(3,4)13-25-15;;;;/h7-16,31-32H,1-6H3;2*5-16,29-30H,1-4H3;7-14,27-28H,1-6H3;;;;. The molecule has 10 aromatic carbocycles. The molecule has 8 N–H and O–H groups in total. The Morgan fingerprint density at radius 2 is 0.492 bits per heavy atom. The van der Waals surface area contributed by atoms with Crippen molar-refractivity contribution in [3.8, 4) is 79.4 Å². The number of hydrogen-bond donors (Lipinski definition) is 8. The number of fused-ring (bicyclic) bond motifs is 17. The predicted octanol–water partition coefficient (Wildman–Crippen LogP) is 25.0. The Bertz CT molecular complexity index is 5740. The first-order valence-electron chi connectivity index (χ1n) is 40.5. The van der Waals surface area contributed by atoms with Crippen molar-refractivity contribution in [1.82, 2.24) is 0 Å². The first kappa shape index (κ1) is 99.0. The van der Waals surface area contributed by atoms with E-state index in [9.17, 15) is 40.9 Å². The number of hydrogen-bond acceptors (Lipinski definition) is 16. The maximum absolute atomic E-state index is 11.3. The third-order valence-electron chi connectivity index (χ3n) is 24.1. The van der Waals surface area contributed by atoms with Gasteiger partial charge in [0.15, 0.2) is 0 Å². The Morgan fingerprint density at radius 1 is 0.258 bits per heavy atom.